The van der Waals surface area contributed by atoms with Crippen LogP contribution >= 0.6 is 0 Å². The normalized spacial score (nSPS) is 15.5. The Morgan fingerprint density at radius 1 is 1.08 bits per heavy atom. The zero-order valence-corrected chi connectivity index (χ0v) is 13.6. The van der Waals surface area contributed by atoms with Crippen LogP contribution in [0.4, 0.5) is 0 Å². The number of hydrogen-bond donors (Lipinski definition) is 1. The molecule has 4 rings (SSSR count). The van der Waals surface area contributed by atoms with E-state index < -0.39 is 0 Å². The molecule has 0 unspecified atom stereocenters. The van der Waals surface area contributed by atoms with E-state index in [0.717, 1.165) is 22.0 Å². The van der Waals surface area contributed by atoms with E-state index in [-0.39, 0.29) is 11.8 Å². The fourth-order valence-corrected chi connectivity index (χ4v) is 2.93. The number of fused-ring (bicyclic) bond motifs is 1. The van der Waals surface area contributed by atoms with Crippen LogP contribution < -0.4 is 5.32 Å². The Bertz CT molecular complexity index is 1060. The van der Waals surface area contributed by atoms with Crippen molar-refractivity contribution >= 4 is 34.6 Å². The van der Waals surface area contributed by atoms with Gasteiger partial charge in [-0.15, -0.1) is 0 Å². The first-order valence-corrected chi connectivity index (χ1v) is 7.91. The number of carbonyl (C=O) groups is 2. The number of nitrogens with zero attached hydrogens (tertiary/aromatic N) is 2. The lowest BCUT2D eigenvalue weighted by atomic mass is 10.1. The van der Waals surface area contributed by atoms with Crippen molar-refractivity contribution in [2.75, 3.05) is 0 Å². The molecule has 0 saturated carbocycles. The highest BCUT2D eigenvalue weighted by Gasteiger charge is 2.21. The van der Waals surface area contributed by atoms with E-state index in [2.05, 4.69) is 10.3 Å². The number of nitrogens with one attached hydrogen (secondary N) is 1. The predicted octanol–water partition coefficient (Wildman–Crippen LogP) is 3.22. The highest BCUT2D eigenvalue weighted by Crippen LogP contribution is 2.25. The lowest BCUT2D eigenvalue weighted by Gasteiger charge is -1.98. The fourth-order valence-electron chi connectivity index (χ4n) is 2.93. The smallest absolute Gasteiger partial charge is 0.275 e. The summed E-state index contributed by atoms with van der Waals surface area (Å²) in [5, 5.41) is 3.69. The third-order valence-electron chi connectivity index (χ3n) is 4.12. The number of para-hydroxylation sites is 1. The summed E-state index contributed by atoms with van der Waals surface area (Å²) in [4.78, 5) is 28.5. The van der Waals surface area contributed by atoms with Crippen LogP contribution in [0.5, 0.6) is 0 Å². The number of benzene rings is 2. The minimum absolute atomic E-state index is 0.0785. The molecular formula is C20H15N3O2. The zero-order chi connectivity index (χ0) is 17.4. The first-order valence-electron chi connectivity index (χ1n) is 7.91. The van der Waals surface area contributed by atoms with E-state index in [0.29, 0.717) is 11.5 Å². The number of carbonyl (C=O) groups excluding carboxylic acids is 2. The Hall–Kier alpha value is -3.47. The first kappa shape index (κ1) is 15.1. The third kappa shape index (κ3) is 2.65. The molecule has 0 radical (unpaired) electrons. The highest BCUT2D eigenvalue weighted by atomic mass is 16.2. The van der Waals surface area contributed by atoms with Crippen molar-refractivity contribution in [3.63, 3.8) is 0 Å². The van der Waals surface area contributed by atoms with Gasteiger partial charge in [0.25, 0.3) is 5.91 Å². The molecule has 1 aliphatic rings. The van der Waals surface area contributed by atoms with E-state index >= 15 is 0 Å². The average Bonchev–Trinajstić information content (AvgIpc) is 3.18. The molecule has 1 N–H and O–H groups in total. The van der Waals surface area contributed by atoms with Gasteiger partial charge in [0, 0.05) is 29.6 Å². The van der Waals surface area contributed by atoms with Crippen LogP contribution in [0.3, 0.4) is 0 Å². The molecule has 0 spiro atoms. The van der Waals surface area contributed by atoms with Gasteiger partial charge in [0.05, 0.1) is 5.52 Å². The topological polar surface area (TPSA) is 63.5 Å². The number of hydrogen-bond acceptors (Lipinski definition) is 3. The van der Waals surface area contributed by atoms with Crippen molar-refractivity contribution in [3.8, 4) is 0 Å². The molecule has 25 heavy (non-hydrogen) atoms. The number of aromatic nitrogens is 1. The van der Waals surface area contributed by atoms with Gasteiger partial charge >= 0.3 is 0 Å². The standard InChI is InChI=1S/C20H15N3O2/c1-13(24)23-12-15(16-9-5-6-10-18(16)23)11-17-20(25)22-19(21-17)14-7-3-2-4-8-14/h2-12H,1H3,(H,21,22,25)/b17-11+. The van der Waals surface area contributed by atoms with Crippen LogP contribution in [0.2, 0.25) is 0 Å². The summed E-state index contributed by atoms with van der Waals surface area (Å²) in [5.74, 6) is 0.205. The summed E-state index contributed by atoms with van der Waals surface area (Å²) in [6.45, 7) is 1.51. The molecule has 2 heterocycles. The second-order valence-corrected chi connectivity index (χ2v) is 5.80. The van der Waals surface area contributed by atoms with Crippen LogP contribution in [0.15, 0.2) is 71.5 Å². The molecular weight excluding hydrogens is 314 g/mol. The molecule has 0 aliphatic carbocycles. The van der Waals surface area contributed by atoms with E-state index in [1.807, 2.05) is 54.6 Å². The maximum Gasteiger partial charge on any atom is 0.275 e. The summed E-state index contributed by atoms with van der Waals surface area (Å²) in [7, 11) is 0. The molecule has 0 atom stereocenters. The maximum absolute atomic E-state index is 12.3. The number of amides is 1. The van der Waals surface area contributed by atoms with Crippen molar-refractivity contribution in [2.45, 2.75) is 6.92 Å². The molecule has 5 heteroatoms. The molecule has 1 amide bonds. The van der Waals surface area contributed by atoms with Crippen LogP contribution in [0, 0.1) is 0 Å². The van der Waals surface area contributed by atoms with Crippen molar-refractivity contribution in [2.24, 2.45) is 4.99 Å². The number of rotatable bonds is 2. The highest BCUT2D eigenvalue weighted by molar-refractivity contribution is 6.20. The summed E-state index contributed by atoms with van der Waals surface area (Å²) in [5.41, 5.74) is 2.78. The molecule has 2 aromatic carbocycles. The van der Waals surface area contributed by atoms with E-state index in [1.165, 1.54) is 6.92 Å². The molecule has 0 fully saturated rings. The Kier molecular flexibility index (Phi) is 3.54. The van der Waals surface area contributed by atoms with Crippen LogP contribution in [-0.2, 0) is 4.79 Å². The van der Waals surface area contributed by atoms with Gasteiger partial charge in [0.2, 0.25) is 5.91 Å². The quantitative estimate of drug-likeness (QED) is 0.734. The van der Waals surface area contributed by atoms with Gasteiger partial charge in [-0.2, -0.15) is 0 Å². The lowest BCUT2D eigenvalue weighted by Crippen LogP contribution is -2.24. The largest absolute Gasteiger partial charge is 0.305 e. The fraction of sp³-hybridized carbons (Fsp3) is 0.0500. The third-order valence-corrected chi connectivity index (χ3v) is 4.12. The summed E-state index contributed by atoms with van der Waals surface area (Å²) < 4.78 is 1.58. The Morgan fingerprint density at radius 2 is 1.80 bits per heavy atom. The van der Waals surface area contributed by atoms with Gasteiger partial charge in [-0.3, -0.25) is 14.2 Å². The Balaban J connectivity index is 1.81. The van der Waals surface area contributed by atoms with Crippen molar-refractivity contribution < 1.29 is 9.59 Å². The minimum atomic E-state index is -0.251. The first-order chi connectivity index (χ1) is 12.1. The monoisotopic (exact) mass is 329 g/mol. The van der Waals surface area contributed by atoms with Gasteiger partial charge in [-0.05, 0) is 12.1 Å². The number of amidine groups is 1. The minimum Gasteiger partial charge on any atom is -0.305 e. The molecule has 3 aromatic rings. The number of aliphatic imine (C=N–C) groups is 1. The lowest BCUT2D eigenvalue weighted by molar-refractivity contribution is -0.115. The molecule has 0 saturated heterocycles. The Morgan fingerprint density at radius 3 is 2.56 bits per heavy atom. The predicted molar refractivity (Wildman–Crippen MR) is 97.3 cm³/mol. The molecule has 5 nitrogen and oxygen atoms in total. The second-order valence-electron chi connectivity index (χ2n) is 5.80. The van der Waals surface area contributed by atoms with E-state index in [9.17, 15) is 9.59 Å². The molecule has 1 aliphatic heterocycles. The Labute approximate surface area is 144 Å². The summed E-state index contributed by atoms with van der Waals surface area (Å²) in [6.07, 6.45) is 3.45. The van der Waals surface area contributed by atoms with Crippen LogP contribution in [0.25, 0.3) is 17.0 Å². The van der Waals surface area contributed by atoms with E-state index in [4.69, 9.17) is 0 Å². The molecule has 1 aromatic heterocycles. The molecule has 122 valence electrons. The SMILES string of the molecule is CC(=O)n1cc(/C=C2/N=C(c3ccccc3)NC2=O)c2ccccc21. The summed E-state index contributed by atoms with van der Waals surface area (Å²) >= 11 is 0. The van der Waals surface area contributed by atoms with Crippen molar-refractivity contribution in [1.82, 2.24) is 9.88 Å². The van der Waals surface area contributed by atoms with Crippen molar-refractivity contribution in [1.29, 1.82) is 0 Å². The maximum atomic E-state index is 12.3. The van der Waals surface area contributed by atoms with Gasteiger partial charge in [-0.25, -0.2) is 4.99 Å². The average molecular weight is 329 g/mol. The zero-order valence-electron chi connectivity index (χ0n) is 13.6. The van der Waals surface area contributed by atoms with Gasteiger partial charge in [0.15, 0.2) is 0 Å². The van der Waals surface area contributed by atoms with E-state index in [1.54, 1.807) is 16.8 Å². The summed E-state index contributed by atoms with van der Waals surface area (Å²) in [6, 6.07) is 17.1. The van der Waals surface area contributed by atoms with Gasteiger partial charge in [0.1, 0.15) is 11.5 Å². The van der Waals surface area contributed by atoms with Crippen molar-refractivity contribution in [3.05, 3.63) is 77.6 Å². The second kappa shape index (κ2) is 5.87. The molecule has 0 bridgehead atoms. The van der Waals surface area contributed by atoms with Crippen LogP contribution in [0.1, 0.15) is 22.8 Å². The van der Waals surface area contributed by atoms with Crippen LogP contribution in [-0.4, -0.2) is 22.2 Å². The van der Waals surface area contributed by atoms with Gasteiger partial charge < -0.3 is 5.32 Å². The van der Waals surface area contributed by atoms with Gasteiger partial charge in [-0.1, -0.05) is 48.5 Å².